The fourth-order valence-electron chi connectivity index (χ4n) is 3.66. The van der Waals surface area contributed by atoms with Gasteiger partial charge in [-0.05, 0) is 23.8 Å². The van der Waals surface area contributed by atoms with Crippen molar-refractivity contribution >= 4 is 26.7 Å². The molecule has 0 saturated carbocycles. The molecule has 5 heteroatoms. The van der Waals surface area contributed by atoms with Crippen LogP contribution in [0.3, 0.4) is 0 Å². The zero-order valence-corrected chi connectivity index (χ0v) is 14.4. The number of nitrogens with zero attached hydrogens (tertiary/aromatic N) is 1. The normalized spacial score (nSPS) is 13.0. The summed E-state index contributed by atoms with van der Waals surface area (Å²) in [5, 5.41) is 0.764. The molecule has 1 aliphatic rings. The first-order chi connectivity index (χ1) is 12.6. The van der Waals surface area contributed by atoms with Crippen molar-refractivity contribution in [1.29, 1.82) is 0 Å². The van der Waals surface area contributed by atoms with Gasteiger partial charge in [-0.2, -0.15) is 0 Å². The average molecular weight is 359 g/mol. The summed E-state index contributed by atoms with van der Waals surface area (Å²) < 4.78 is 28.0. The Bertz CT molecular complexity index is 1300. The Hall–Kier alpha value is -3.18. The molecule has 5 rings (SSSR count). The van der Waals surface area contributed by atoms with E-state index >= 15 is 0 Å². The predicted octanol–water partition coefficient (Wildman–Crippen LogP) is 4.09. The molecule has 1 heterocycles. The number of ketones is 1. The van der Waals surface area contributed by atoms with Crippen LogP contribution in [-0.4, -0.2) is 18.2 Å². The van der Waals surface area contributed by atoms with Gasteiger partial charge in [-0.15, -0.1) is 0 Å². The quantitative estimate of drug-likeness (QED) is 0.477. The number of rotatable bonds is 2. The summed E-state index contributed by atoms with van der Waals surface area (Å²) in [6.07, 6.45) is 0. The molecule has 0 fully saturated rings. The Morgan fingerprint density at radius 3 is 2.08 bits per heavy atom. The number of hydrogen-bond donors (Lipinski definition) is 0. The number of carbonyl (C=O) groups excluding carboxylic acids is 1. The zero-order valence-electron chi connectivity index (χ0n) is 13.6. The first-order valence-electron chi connectivity index (χ1n) is 8.19. The number of carbonyl (C=O) groups is 1. The summed E-state index contributed by atoms with van der Waals surface area (Å²) in [6.45, 7) is 0. The minimum absolute atomic E-state index is 0.160. The summed E-state index contributed by atoms with van der Waals surface area (Å²) in [4.78, 5) is 13.2. The molecular formula is C21H13NO3S. The van der Waals surface area contributed by atoms with Gasteiger partial charge in [0.2, 0.25) is 5.78 Å². The van der Waals surface area contributed by atoms with E-state index in [4.69, 9.17) is 0 Å². The van der Waals surface area contributed by atoms with Crippen LogP contribution in [0, 0.1) is 0 Å². The van der Waals surface area contributed by atoms with Crippen LogP contribution in [0.5, 0.6) is 0 Å². The third-order valence-electron chi connectivity index (χ3n) is 4.77. The Balaban J connectivity index is 1.95. The van der Waals surface area contributed by atoms with Crippen LogP contribution in [0.4, 0.5) is 0 Å². The second-order valence-electron chi connectivity index (χ2n) is 6.20. The lowest BCUT2D eigenvalue weighted by Gasteiger charge is -2.10. The minimum Gasteiger partial charge on any atom is -0.287 e. The molecular weight excluding hydrogens is 346 g/mol. The molecule has 126 valence electrons. The van der Waals surface area contributed by atoms with Crippen molar-refractivity contribution < 1.29 is 13.2 Å². The topological polar surface area (TPSA) is 56.1 Å². The SMILES string of the molecule is O=C1c2ccccc2-c2c1n(S(=O)(=O)c1ccccc1)c1ccccc21. The van der Waals surface area contributed by atoms with E-state index in [-0.39, 0.29) is 16.4 Å². The fourth-order valence-corrected chi connectivity index (χ4v) is 5.21. The largest absolute Gasteiger partial charge is 0.287 e. The minimum atomic E-state index is -3.90. The molecule has 0 atom stereocenters. The molecule has 0 unspecified atom stereocenters. The third kappa shape index (κ3) is 1.83. The highest BCUT2D eigenvalue weighted by atomic mass is 32.2. The highest BCUT2D eigenvalue weighted by Crippen LogP contribution is 2.44. The summed E-state index contributed by atoms with van der Waals surface area (Å²) in [7, 11) is -3.90. The maximum absolute atomic E-state index is 13.4. The Morgan fingerprint density at radius 2 is 1.31 bits per heavy atom. The van der Waals surface area contributed by atoms with Gasteiger partial charge in [0, 0.05) is 16.5 Å². The molecule has 0 spiro atoms. The highest BCUT2D eigenvalue weighted by molar-refractivity contribution is 7.90. The summed E-state index contributed by atoms with van der Waals surface area (Å²) in [5.41, 5.74) is 2.76. The number of hydrogen-bond acceptors (Lipinski definition) is 3. The molecule has 0 saturated heterocycles. The molecule has 26 heavy (non-hydrogen) atoms. The van der Waals surface area contributed by atoms with Crippen molar-refractivity contribution in [2.24, 2.45) is 0 Å². The third-order valence-corrected chi connectivity index (χ3v) is 6.50. The molecule has 0 amide bonds. The van der Waals surface area contributed by atoms with E-state index in [1.54, 1.807) is 54.6 Å². The molecule has 1 aromatic heterocycles. The van der Waals surface area contributed by atoms with Gasteiger partial charge >= 0.3 is 0 Å². The van der Waals surface area contributed by atoms with E-state index in [2.05, 4.69) is 0 Å². The first-order valence-corrected chi connectivity index (χ1v) is 9.63. The van der Waals surface area contributed by atoms with Crippen molar-refractivity contribution in [1.82, 2.24) is 3.97 Å². The van der Waals surface area contributed by atoms with Gasteiger partial charge in [-0.1, -0.05) is 60.7 Å². The van der Waals surface area contributed by atoms with Gasteiger partial charge in [0.1, 0.15) is 5.69 Å². The van der Waals surface area contributed by atoms with E-state index < -0.39 is 10.0 Å². The van der Waals surface area contributed by atoms with Crippen molar-refractivity contribution in [2.75, 3.05) is 0 Å². The van der Waals surface area contributed by atoms with Crippen molar-refractivity contribution in [2.45, 2.75) is 4.90 Å². The highest BCUT2D eigenvalue weighted by Gasteiger charge is 2.37. The lowest BCUT2D eigenvalue weighted by Crippen LogP contribution is -2.17. The summed E-state index contributed by atoms with van der Waals surface area (Å²) in [6, 6.07) is 22.7. The van der Waals surface area contributed by atoms with Crippen LogP contribution in [0.15, 0.2) is 83.8 Å². The molecule has 0 aliphatic heterocycles. The molecule has 0 radical (unpaired) electrons. The molecule has 4 nitrogen and oxygen atoms in total. The fraction of sp³-hybridized carbons (Fsp3) is 0. The van der Waals surface area contributed by atoms with Crippen molar-refractivity contribution in [3.63, 3.8) is 0 Å². The zero-order chi connectivity index (χ0) is 17.9. The second-order valence-corrected chi connectivity index (χ2v) is 7.98. The molecule has 3 aromatic carbocycles. The molecule has 1 aliphatic carbocycles. The summed E-state index contributed by atoms with van der Waals surface area (Å²) >= 11 is 0. The van der Waals surface area contributed by atoms with E-state index in [0.717, 1.165) is 10.9 Å². The Kier molecular flexibility index (Phi) is 3.00. The molecule has 0 N–H and O–H groups in total. The lowest BCUT2D eigenvalue weighted by molar-refractivity contribution is 0.103. The summed E-state index contributed by atoms with van der Waals surface area (Å²) in [5.74, 6) is -0.258. The van der Waals surface area contributed by atoms with Crippen LogP contribution >= 0.6 is 0 Å². The van der Waals surface area contributed by atoms with E-state index in [9.17, 15) is 13.2 Å². The average Bonchev–Trinajstić information content (AvgIpc) is 3.17. The standard InChI is InChI=1S/C21H13NO3S/c23-21-16-11-5-4-10-15(16)19-17-12-6-7-13-18(17)22(20(19)21)26(24,25)14-8-2-1-3-9-14/h1-13H. The van der Waals surface area contributed by atoms with Gasteiger partial charge in [-0.3, -0.25) is 4.79 Å². The number of benzene rings is 3. The van der Waals surface area contributed by atoms with Crippen LogP contribution < -0.4 is 0 Å². The molecule has 4 aromatic rings. The second kappa shape index (κ2) is 5.16. The first kappa shape index (κ1) is 15.1. The van der Waals surface area contributed by atoms with Crippen LogP contribution in [0.2, 0.25) is 0 Å². The van der Waals surface area contributed by atoms with Gasteiger partial charge in [0.05, 0.1) is 10.4 Å². The number of fused-ring (bicyclic) bond motifs is 5. The predicted molar refractivity (Wildman–Crippen MR) is 99.8 cm³/mol. The van der Waals surface area contributed by atoms with Crippen LogP contribution in [0.25, 0.3) is 22.0 Å². The van der Waals surface area contributed by atoms with Gasteiger partial charge in [0.15, 0.2) is 0 Å². The maximum atomic E-state index is 13.4. The van der Waals surface area contributed by atoms with Crippen molar-refractivity contribution in [3.05, 3.63) is 90.1 Å². The van der Waals surface area contributed by atoms with Gasteiger partial charge < -0.3 is 0 Å². The van der Waals surface area contributed by atoms with Gasteiger partial charge in [0.25, 0.3) is 10.0 Å². The lowest BCUT2D eigenvalue weighted by atomic mass is 10.0. The van der Waals surface area contributed by atoms with Gasteiger partial charge in [-0.25, -0.2) is 12.4 Å². The Labute approximate surface area is 150 Å². The van der Waals surface area contributed by atoms with Crippen molar-refractivity contribution in [3.8, 4) is 11.1 Å². The number of para-hydroxylation sites is 1. The van der Waals surface area contributed by atoms with Crippen LogP contribution in [0.1, 0.15) is 16.1 Å². The monoisotopic (exact) mass is 359 g/mol. The number of aromatic nitrogens is 1. The molecule has 0 bridgehead atoms. The maximum Gasteiger partial charge on any atom is 0.268 e. The van der Waals surface area contributed by atoms with E-state index in [1.165, 1.54) is 3.97 Å². The van der Waals surface area contributed by atoms with E-state index in [1.807, 2.05) is 24.3 Å². The van der Waals surface area contributed by atoms with E-state index in [0.29, 0.717) is 16.6 Å². The Morgan fingerprint density at radius 1 is 0.692 bits per heavy atom. The smallest absolute Gasteiger partial charge is 0.268 e. The van der Waals surface area contributed by atoms with Crippen LogP contribution in [-0.2, 0) is 10.0 Å².